The predicted octanol–water partition coefficient (Wildman–Crippen LogP) is 4.33. The van der Waals surface area contributed by atoms with Crippen molar-refractivity contribution < 1.29 is 5.11 Å². The summed E-state index contributed by atoms with van der Waals surface area (Å²) in [6, 6.07) is 9.08. The molecule has 0 aromatic heterocycles. The van der Waals surface area contributed by atoms with Crippen LogP contribution in [-0.2, 0) is 6.42 Å². The van der Waals surface area contributed by atoms with E-state index < -0.39 is 0 Å². The van der Waals surface area contributed by atoms with Crippen LogP contribution in [0.5, 0.6) is 0 Å². The first-order valence-electron chi connectivity index (χ1n) is 7.96. The van der Waals surface area contributed by atoms with E-state index in [2.05, 4.69) is 31.2 Å². The zero-order valence-corrected chi connectivity index (χ0v) is 13.0. The standard InChI is InChI=1S/C18H24O.ClH/c1-18-11-10-14-13-5-3-2-4-12(13)6-7-15(14)16(18)8-9-17(18)19;/h2-5,14-17,19H,6-11H2,1H3;1H/t14-,15-,16+,17?,18+;/m1./s1. The minimum absolute atomic E-state index is 0. The van der Waals surface area contributed by atoms with Gasteiger partial charge < -0.3 is 5.11 Å². The summed E-state index contributed by atoms with van der Waals surface area (Å²) in [4.78, 5) is 0. The van der Waals surface area contributed by atoms with E-state index in [4.69, 9.17) is 0 Å². The maximum atomic E-state index is 10.4. The van der Waals surface area contributed by atoms with Crippen LogP contribution in [0.15, 0.2) is 24.3 Å². The Labute approximate surface area is 128 Å². The molecule has 1 unspecified atom stereocenters. The zero-order chi connectivity index (χ0) is 13.0. The van der Waals surface area contributed by atoms with Gasteiger partial charge in [-0.2, -0.15) is 0 Å². The third-order valence-corrected chi connectivity index (χ3v) is 6.59. The van der Waals surface area contributed by atoms with Gasteiger partial charge in [0.25, 0.3) is 0 Å². The molecule has 0 bridgehead atoms. The molecule has 0 amide bonds. The van der Waals surface area contributed by atoms with Gasteiger partial charge in [0.2, 0.25) is 0 Å². The summed E-state index contributed by atoms with van der Waals surface area (Å²) in [6.45, 7) is 2.35. The maximum Gasteiger partial charge on any atom is 0.0596 e. The van der Waals surface area contributed by atoms with Gasteiger partial charge >= 0.3 is 0 Å². The largest absolute Gasteiger partial charge is 0.393 e. The van der Waals surface area contributed by atoms with Crippen molar-refractivity contribution in [3.8, 4) is 0 Å². The molecule has 1 nitrogen and oxygen atoms in total. The van der Waals surface area contributed by atoms with Gasteiger partial charge in [-0.3, -0.25) is 0 Å². The monoisotopic (exact) mass is 292 g/mol. The molecule has 3 aliphatic carbocycles. The van der Waals surface area contributed by atoms with E-state index in [0.29, 0.717) is 0 Å². The minimum atomic E-state index is -0.0457. The molecule has 0 spiro atoms. The highest BCUT2D eigenvalue weighted by atomic mass is 35.5. The van der Waals surface area contributed by atoms with Crippen LogP contribution in [0.25, 0.3) is 0 Å². The van der Waals surface area contributed by atoms with E-state index in [0.717, 1.165) is 24.2 Å². The normalized spacial score (nSPS) is 42.1. The Morgan fingerprint density at radius 2 is 1.90 bits per heavy atom. The lowest BCUT2D eigenvalue weighted by atomic mass is 9.55. The first-order chi connectivity index (χ1) is 9.20. The molecule has 110 valence electrons. The number of halogens is 1. The third kappa shape index (κ3) is 1.86. The summed E-state index contributed by atoms with van der Waals surface area (Å²) >= 11 is 0. The molecule has 5 atom stereocenters. The van der Waals surface area contributed by atoms with Crippen molar-refractivity contribution in [1.29, 1.82) is 0 Å². The average molecular weight is 293 g/mol. The smallest absolute Gasteiger partial charge is 0.0596 e. The number of benzene rings is 1. The average Bonchev–Trinajstić information content (AvgIpc) is 2.75. The summed E-state index contributed by atoms with van der Waals surface area (Å²) in [5.74, 6) is 2.36. The van der Waals surface area contributed by atoms with Gasteiger partial charge in [0.1, 0.15) is 0 Å². The van der Waals surface area contributed by atoms with E-state index in [1.165, 1.54) is 32.1 Å². The molecule has 4 rings (SSSR count). The Kier molecular flexibility index (Phi) is 3.63. The molecule has 2 heteroatoms. The fourth-order valence-corrected chi connectivity index (χ4v) is 5.49. The highest BCUT2D eigenvalue weighted by molar-refractivity contribution is 5.85. The summed E-state index contributed by atoms with van der Waals surface area (Å²) in [5.41, 5.74) is 3.43. The van der Waals surface area contributed by atoms with Crippen LogP contribution in [0, 0.1) is 17.3 Å². The molecular weight excluding hydrogens is 268 g/mol. The molecule has 1 N–H and O–H groups in total. The molecule has 0 heterocycles. The van der Waals surface area contributed by atoms with Crippen molar-refractivity contribution in [2.24, 2.45) is 17.3 Å². The Morgan fingerprint density at radius 3 is 2.75 bits per heavy atom. The van der Waals surface area contributed by atoms with Crippen LogP contribution in [0.2, 0.25) is 0 Å². The fourth-order valence-electron chi connectivity index (χ4n) is 5.49. The van der Waals surface area contributed by atoms with Crippen molar-refractivity contribution >= 4 is 12.4 Å². The molecule has 1 aromatic carbocycles. The lowest BCUT2D eigenvalue weighted by molar-refractivity contribution is -0.0226. The second-order valence-corrected chi connectivity index (χ2v) is 7.25. The van der Waals surface area contributed by atoms with Gasteiger partial charge in [-0.05, 0) is 72.8 Å². The third-order valence-electron chi connectivity index (χ3n) is 6.59. The fraction of sp³-hybridized carbons (Fsp3) is 0.667. The maximum absolute atomic E-state index is 10.4. The number of fused-ring (bicyclic) bond motifs is 5. The number of hydrogen-bond acceptors (Lipinski definition) is 1. The predicted molar refractivity (Wildman–Crippen MR) is 84.3 cm³/mol. The number of aryl methyl sites for hydroxylation is 1. The Balaban J connectivity index is 0.00000121. The van der Waals surface area contributed by atoms with Gasteiger partial charge in [-0.25, -0.2) is 0 Å². The Hall–Kier alpha value is -0.530. The van der Waals surface area contributed by atoms with Crippen LogP contribution in [0.1, 0.15) is 56.1 Å². The number of hydrogen-bond donors (Lipinski definition) is 1. The van der Waals surface area contributed by atoms with Crippen LogP contribution in [-0.4, -0.2) is 11.2 Å². The van der Waals surface area contributed by atoms with Crippen molar-refractivity contribution in [3.05, 3.63) is 35.4 Å². The Bertz CT molecular complexity index is 500. The van der Waals surface area contributed by atoms with E-state index in [-0.39, 0.29) is 23.9 Å². The summed E-state index contributed by atoms with van der Waals surface area (Å²) in [5, 5.41) is 10.4. The second-order valence-electron chi connectivity index (χ2n) is 7.25. The Morgan fingerprint density at radius 1 is 1.10 bits per heavy atom. The number of aliphatic hydroxyl groups excluding tert-OH is 1. The van der Waals surface area contributed by atoms with Gasteiger partial charge in [-0.15, -0.1) is 12.4 Å². The van der Waals surface area contributed by atoms with Gasteiger partial charge in [-0.1, -0.05) is 31.2 Å². The molecular formula is C18H25ClO. The molecule has 0 saturated heterocycles. The molecule has 0 aliphatic heterocycles. The summed E-state index contributed by atoms with van der Waals surface area (Å²) < 4.78 is 0. The molecule has 2 fully saturated rings. The number of aliphatic hydroxyl groups is 1. The van der Waals surface area contributed by atoms with Crippen molar-refractivity contribution in [1.82, 2.24) is 0 Å². The van der Waals surface area contributed by atoms with Crippen LogP contribution in [0.3, 0.4) is 0 Å². The van der Waals surface area contributed by atoms with Gasteiger partial charge in [0.05, 0.1) is 6.10 Å². The first kappa shape index (κ1) is 14.4. The lowest BCUT2D eigenvalue weighted by Crippen LogP contribution is -2.43. The van der Waals surface area contributed by atoms with Crippen LogP contribution < -0.4 is 0 Å². The molecule has 20 heavy (non-hydrogen) atoms. The van der Waals surface area contributed by atoms with Crippen molar-refractivity contribution in [2.75, 3.05) is 0 Å². The van der Waals surface area contributed by atoms with Gasteiger partial charge in [0, 0.05) is 0 Å². The molecule has 1 aromatic rings. The van der Waals surface area contributed by atoms with Crippen LogP contribution >= 0.6 is 12.4 Å². The van der Waals surface area contributed by atoms with E-state index in [1.54, 1.807) is 11.1 Å². The van der Waals surface area contributed by atoms with Crippen molar-refractivity contribution in [3.63, 3.8) is 0 Å². The van der Waals surface area contributed by atoms with E-state index >= 15 is 0 Å². The molecule has 0 radical (unpaired) electrons. The molecule has 2 saturated carbocycles. The van der Waals surface area contributed by atoms with E-state index in [9.17, 15) is 5.11 Å². The zero-order valence-electron chi connectivity index (χ0n) is 12.2. The highest BCUT2D eigenvalue weighted by Crippen LogP contribution is 2.60. The first-order valence-corrected chi connectivity index (χ1v) is 7.96. The summed E-state index contributed by atoms with van der Waals surface area (Å²) in [7, 11) is 0. The topological polar surface area (TPSA) is 20.2 Å². The second kappa shape index (κ2) is 5.03. The minimum Gasteiger partial charge on any atom is -0.393 e. The number of rotatable bonds is 0. The molecule has 3 aliphatic rings. The summed E-state index contributed by atoms with van der Waals surface area (Å²) in [6.07, 6.45) is 7.33. The van der Waals surface area contributed by atoms with Crippen LogP contribution in [0.4, 0.5) is 0 Å². The van der Waals surface area contributed by atoms with Gasteiger partial charge in [0.15, 0.2) is 0 Å². The highest BCUT2D eigenvalue weighted by Gasteiger charge is 2.54. The van der Waals surface area contributed by atoms with Crippen molar-refractivity contribution in [2.45, 2.75) is 57.5 Å². The SMILES string of the molecule is C[C@]12CC[C@@H]3c4ccccc4CC[C@H]3[C@@H]1CCC2O.Cl. The quantitative estimate of drug-likeness (QED) is 0.755. The lowest BCUT2D eigenvalue weighted by Gasteiger charge is -2.50. The van der Waals surface area contributed by atoms with E-state index in [1.807, 2.05) is 0 Å².